The van der Waals surface area contributed by atoms with Gasteiger partial charge < -0.3 is 9.32 Å². The fourth-order valence-corrected chi connectivity index (χ4v) is 4.64. The van der Waals surface area contributed by atoms with Crippen LogP contribution in [-0.4, -0.2) is 47.1 Å². The Morgan fingerprint density at radius 3 is 2.54 bits per heavy atom. The Morgan fingerprint density at radius 2 is 1.77 bits per heavy atom. The molecule has 0 atom stereocenters. The molecule has 0 bridgehead atoms. The maximum Gasteiger partial charge on any atom is 0.419 e. The van der Waals surface area contributed by atoms with E-state index >= 15 is 0 Å². The van der Waals surface area contributed by atoms with Crippen LogP contribution in [0.2, 0.25) is 4.34 Å². The van der Waals surface area contributed by atoms with Crippen LogP contribution in [0.25, 0.3) is 11.1 Å². The summed E-state index contributed by atoms with van der Waals surface area (Å²) >= 11 is 7.67. The molecule has 1 aromatic carbocycles. The van der Waals surface area contributed by atoms with Crippen molar-refractivity contribution in [2.45, 2.75) is 19.5 Å². The lowest BCUT2D eigenvalue weighted by Crippen LogP contribution is -2.46. The van der Waals surface area contributed by atoms with Gasteiger partial charge in [0, 0.05) is 44.1 Å². The quantitative estimate of drug-likeness (QED) is 0.644. The van der Waals surface area contributed by atoms with E-state index in [9.17, 15) is 4.79 Å². The second-order valence-electron chi connectivity index (χ2n) is 6.66. The van der Waals surface area contributed by atoms with E-state index in [-0.39, 0.29) is 5.76 Å². The summed E-state index contributed by atoms with van der Waals surface area (Å²) in [7, 11) is 0. The smallest absolute Gasteiger partial charge is 0.408 e. The molecular formula is C19H22ClN3O2S. The number of hydrogen-bond donors (Lipinski definition) is 0. The summed E-state index contributed by atoms with van der Waals surface area (Å²) in [5.41, 5.74) is 1.55. The highest BCUT2D eigenvalue weighted by Crippen LogP contribution is 2.23. The first-order valence-electron chi connectivity index (χ1n) is 8.96. The number of nitrogens with zero attached hydrogens (tertiary/aromatic N) is 3. The van der Waals surface area contributed by atoms with Gasteiger partial charge in [-0.25, -0.2) is 4.79 Å². The minimum absolute atomic E-state index is 0.259. The van der Waals surface area contributed by atoms with Crippen molar-refractivity contribution in [3.05, 3.63) is 56.2 Å². The summed E-state index contributed by atoms with van der Waals surface area (Å²) < 4.78 is 7.90. The molecule has 1 aliphatic rings. The van der Waals surface area contributed by atoms with Crippen LogP contribution in [0.4, 0.5) is 0 Å². The fraction of sp³-hybridized carbons (Fsp3) is 0.421. The fourth-order valence-electron chi connectivity index (χ4n) is 3.51. The molecule has 1 fully saturated rings. The molecule has 3 aromatic rings. The van der Waals surface area contributed by atoms with E-state index in [0.717, 1.165) is 55.5 Å². The van der Waals surface area contributed by atoms with Crippen LogP contribution in [0.1, 0.15) is 11.3 Å². The van der Waals surface area contributed by atoms with Crippen LogP contribution in [0.15, 0.2) is 45.6 Å². The van der Waals surface area contributed by atoms with Gasteiger partial charge in [-0.15, -0.1) is 11.3 Å². The van der Waals surface area contributed by atoms with Gasteiger partial charge in [-0.3, -0.25) is 9.47 Å². The van der Waals surface area contributed by atoms with E-state index in [2.05, 4.69) is 15.9 Å². The molecule has 1 aliphatic heterocycles. The molecule has 0 saturated carbocycles. The molecule has 7 heteroatoms. The first-order chi connectivity index (χ1) is 12.7. The lowest BCUT2D eigenvalue weighted by Gasteiger charge is -2.34. The molecule has 26 heavy (non-hydrogen) atoms. The number of piperazine rings is 1. The zero-order valence-corrected chi connectivity index (χ0v) is 16.1. The Hall–Kier alpha value is -1.60. The van der Waals surface area contributed by atoms with Crippen molar-refractivity contribution in [2.75, 3.05) is 32.7 Å². The number of fused-ring (bicyclic) bond motifs is 1. The molecule has 0 amide bonds. The number of aryl methyl sites for hydroxylation is 1. The summed E-state index contributed by atoms with van der Waals surface area (Å²) in [6, 6.07) is 11.7. The van der Waals surface area contributed by atoms with Gasteiger partial charge in [0.25, 0.3) is 0 Å². The highest BCUT2D eigenvalue weighted by Gasteiger charge is 2.17. The van der Waals surface area contributed by atoms with Gasteiger partial charge in [-0.2, -0.15) is 0 Å². The molecule has 3 heterocycles. The summed E-state index contributed by atoms with van der Waals surface area (Å²) in [6.45, 7) is 6.98. The predicted molar refractivity (Wildman–Crippen MR) is 106 cm³/mol. The van der Waals surface area contributed by atoms with Crippen molar-refractivity contribution >= 4 is 34.0 Å². The Kier molecular flexibility index (Phi) is 5.45. The lowest BCUT2D eigenvalue weighted by molar-refractivity contribution is 0.126. The van der Waals surface area contributed by atoms with Gasteiger partial charge in [0.15, 0.2) is 5.58 Å². The van der Waals surface area contributed by atoms with Crippen molar-refractivity contribution in [1.82, 2.24) is 14.4 Å². The number of benzene rings is 1. The van der Waals surface area contributed by atoms with Crippen LogP contribution in [0, 0.1) is 0 Å². The summed E-state index contributed by atoms with van der Waals surface area (Å²) in [4.78, 5) is 18.3. The largest absolute Gasteiger partial charge is 0.419 e. The molecule has 4 rings (SSSR count). The van der Waals surface area contributed by atoms with E-state index in [1.165, 1.54) is 4.88 Å². The predicted octanol–water partition coefficient (Wildman–Crippen LogP) is 3.52. The molecule has 2 aromatic heterocycles. The molecule has 5 nitrogen and oxygen atoms in total. The molecule has 0 unspecified atom stereocenters. The van der Waals surface area contributed by atoms with Crippen molar-refractivity contribution in [1.29, 1.82) is 0 Å². The van der Waals surface area contributed by atoms with Gasteiger partial charge in [0.1, 0.15) is 0 Å². The number of halogens is 1. The third kappa shape index (κ3) is 4.04. The normalized spacial score (nSPS) is 16.5. The Bertz CT molecular complexity index is 924. The van der Waals surface area contributed by atoms with Crippen molar-refractivity contribution in [3.63, 3.8) is 0 Å². The second-order valence-corrected chi connectivity index (χ2v) is 8.46. The SMILES string of the molecule is O=c1oc2ccccc2n1CCCN1CCN(Cc2ccc(Cl)s2)CC1. The van der Waals surface area contributed by atoms with Crippen molar-refractivity contribution in [2.24, 2.45) is 0 Å². The average Bonchev–Trinajstić information content (AvgIpc) is 3.19. The average molecular weight is 392 g/mol. The molecular weight excluding hydrogens is 370 g/mol. The van der Waals surface area contributed by atoms with Crippen LogP contribution in [0.3, 0.4) is 0 Å². The van der Waals surface area contributed by atoms with Gasteiger partial charge in [-0.1, -0.05) is 23.7 Å². The third-order valence-electron chi connectivity index (χ3n) is 4.90. The Labute approximate surface area is 161 Å². The molecule has 0 N–H and O–H groups in total. The second kappa shape index (κ2) is 7.96. The maximum atomic E-state index is 12.0. The zero-order chi connectivity index (χ0) is 17.9. The Balaban J connectivity index is 1.25. The van der Waals surface area contributed by atoms with Gasteiger partial charge >= 0.3 is 5.76 Å². The molecule has 1 saturated heterocycles. The van der Waals surface area contributed by atoms with Crippen LogP contribution < -0.4 is 5.76 Å². The molecule has 0 spiro atoms. The summed E-state index contributed by atoms with van der Waals surface area (Å²) in [6.07, 6.45) is 0.948. The number of hydrogen-bond acceptors (Lipinski definition) is 5. The number of para-hydroxylation sites is 2. The highest BCUT2D eigenvalue weighted by molar-refractivity contribution is 7.16. The van der Waals surface area contributed by atoms with Crippen LogP contribution in [0.5, 0.6) is 0 Å². The number of rotatable bonds is 6. The van der Waals surface area contributed by atoms with E-state index < -0.39 is 0 Å². The van der Waals surface area contributed by atoms with E-state index in [1.807, 2.05) is 30.3 Å². The van der Waals surface area contributed by atoms with E-state index in [1.54, 1.807) is 15.9 Å². The molecule has 0 radical (unpaired) electrons. The first-order valence-corrected chi connectivity index (χ1v) is 10.2. The number of aromatic nitrogens is 1. The monoisotopic (exact) mass is 391 g/mol. The zero-order valence-electron chi connectivity index (χ0n) is 14.6. The number of thiophene rings is 1. The topological polar surface area (TPSA) is 41.6 Å². The Morgan fingerprint density at radius 1 is 1.00 bits per heavy atom. The van der Waals surface area contributed by atoms with Crippen LogP contribution >= 0.6 is 22.9 Å². The minimum Gasteiger partial charge on any atom is -0.408 e. The molecule has 0 aliphatic carbocycles. The summed E-state index contributed by atoms with van der Waals surface area (Å²) in [5.74, 6) is -0.259. The standard InChI is InChI=1S/C19H22ClN3O2S/c20-18-7-6-15(26-18)14-22-12-10-21(11-13-22)8-3-9-23-16-4-1-2-5-17(16)25-19(23)24/h1-2,4-7H,3,8-14H2. The number of oxazole rings is 1. The molecule has 138 valence electrons. The van der Waals surface area contributed by atoms with E-state index in [4.69, 9.17) is 16.0 Å². The summed E-state index contributed by atoms with van der Waals surface area (Å²) in [5, 5.41) is 0. The minimum atomic E-state index is -0.259. The van der Waals surface area contributed by atoms with Crippen molar-refractivity contribution in [3.8, 4) is 0 Å². The maximum absolute atomic E-state index is 12.0. The first kappa shape index (κ1) is 17.8. The van der Waals surface area contributed by atoms with E-state index in [0.29, 0.717) is 12.1 Å². The lowest BCUT2D eigenvalue weighted by atomic mass is 10.2. The third-order valence-corrected chi connectivity index (χ3v) is 6.12. The highest BCUT2D eigenvalue weighted by atomic mass is 35.5. The van der Waals surface area contributed by atoms with Gasteiger partial charge in [0.2, 0.25) is 0 Å². The van der Waals surface area contributed by atoms with Crippen molar-refractivity contribution < 1.29 is 4.42 Å². The van der Waals surface area contributed by atoms with Gasteiger partial charge in [-0.05, 0) is 37.2 Å². The van der Waals surface area contributed by atoms with Gasteiger partial charge in [0.05, 0.1) is 9.85 Å². The van der Waals surface area contributed by atoms with Crippen LogP contribution in [-0.2, 0) is 13.1 Å².